The molecule has 1 N–H and O–H groups in total. The van der Waals surface area contributed by atoms with Crippen molar-refractivity contribution in [2.24, 2.45) is 0 Å². The number of hydrogen-bond donors (Lipinski definition) is 1. The summed E-state index contributed by atoms with van der Waals surface area (Å²) >= 11 is 0. The summed E-state index contributed by atoms with van der Waals surface area (Å²) in [5.41, 5.74) is 4.40. The number of nitrogens with zero attached hydrogens (tertiary/aromatic N) is 3. The molecule has 0 saturated carbocycles. The van der Waals surface area contributed by atoms with Crippen LogP contribution in [0.3, 0.4) is 0 Å². The van der Waals surface area contributed by atoms with Crippen LogP contribution >= 0.6 is 0 Å². The van der Waals surface area contributed by atoms with Gasteiger partial charge >= 0.3 is 0 Å². The maximum atomic E-state index is 13.0. The zero-order valence-corrected chi connectivity index (χ0v) is 17.8. The number of benzene rings is 1. The lowest BCUT2D eigenvalue weighted by atomic mass is 10.1. The van der Waals surface area contributed by atoms with Crippen LogP contribution in [0.15, 0.2) is 62.5 Å². The van der Waals surface area contributed by atoms with E-state index in [0.717, 1.165) is 29.6 Å². The zero-order chi connectivity index (χ0) is 22.2. The van der Waals surface area contributed by atoms with Gasteiger partial charge in [0.05, 0.1) is 17.5 Å². The summed E-state index contributed by atoms with van der Waals surface area (Å²) in [6, 6.07) is 11.7. The Balaban J connectivity index is 1.49. The second-order valence-electron chi connectivity index (χ2n) is 8.00. The molecule has 0 aliphatic heterocycles. The Labute approximate surface area is 183 Å². The predicted octanol–water partition coefficient (Wildman–Crippen LogP) is 4.16. The van der Waals surface area contributed by atoms with E-state index in [1.54, 1.807) is 32.0 Å². The van der Waals surface area contributed by atoms with Crippen LogP contribution in [-0.2, 0) is 17.6 Å². The van der Waals surface area contributed by atoms with Crippen LogP contribution in [0.4, 0.5) is 5.69 Å². The van der Waals surface area contributed by atoms with Gasteiger partial charge in [0.25, 0.3) is 5.56 Å². The van der Waals surface area contributed by atoms with Gasteiger partial charge in [0, 0.05) is 17.8 Å². The van der Waals surface area contributed by atoms with Crippen molar-refractivity contribution in [3.05, 3.63) is 75.9 Å². The molecule has 3 heterocycles. The number of aryl methyl sites for hydroxylation is 3. The van der Waals surface area contributed by atoms with Crippen LogP contribution < -0.4 is 10.9 Å². The van der Waals surface area contributed by atoms with Crippen LogP contribution in [-0.4, -0.2) is 20.8 Å². The van der Waals surface area contributed by atoms with Crippen molar-refractivity contribution in [1.29, 1.82) is 0 Å². The molecule has 8 heteroatoms. The van der Waals surface area contributed by atoms with Crippen molar-refractivity contribution in [2.45, 2.75) is 39.2 Å². The Bertz CT molecular complexity index is 1350. The monoisotopic (exact) mass is 430 g/mol. The first-order valence-electron chi connectivity index (χ1n) is 10.5. The fraction of sp³-hybridized carbons (Fsp3) is 0.250. The highest BCUT2D eigenvalue weighted by Crippen LogP contribution is 2.30. The fourth-order valence-corrected chi connectivity index (χ4v) is 4.03. The number of fused-ring (bicyclic) bond motifs is 1. The van der Waals surface area contributed by atoms with Gasteiger partial charge < -0.3 is 14.3 Å². The average molecular weight is 430 g/mol. The molecule has 5 rings (SSSR count). The van der Waals surface area contributed by atoms with Crippen molar-refractivity contribution >= 4 is 11.6 Å². The number of hydrogen-bond acceptors (Lipinski definition) is 6. The fourth-order valence-electron chi connectivity index (χ4n) is 4.03. The van der Waals surface area contributed by atoms with E-state index in [1.165, 1.54) is 23.5 Å². The van der Waals surface area contributed by atoms with Gasteiger partial charge in [-0.15, -0.1) is 0 Å². The topological polar surface area (TPSA) is 103 Å². The molecule has 1 aromatic carbocycles. The van der Waals surface area contributed by atoms with Gasteiger partial charge in [-0.1, -0.05) is 11.2 Å². The maximum absolute atomic E-state index is 13.0. The largest absolute Gasteiger partial charge is 0.463 e. The lowest BCUT2D eigenvalue weighted by Crippen LogP contribution is -2.33. The molecule has 0 fully saturated rings. The number of carbonyl (C=O) groups excluding carboxylic acids is 1. The van der Waals surface area contributed by atoms with Gasteiger partial charge in [0.15, 0.2) is 11.5 Å². The van der Waals surface area contributed by atoms with Crippen molar-refractivity contribution < 1.29 is 13.7 Å². The van der Waals surface area contributed by atoms with Crippen LogP contribution in [0.1, 0.15) is 36.2 Å². The molecule has 1 aliphatic rings. The second-order valence-corrected chi connectivity index (χ2v) is 8.00. The Hall–Kier alpha value is -3.94. The minimum atomic E-state index is -0.838. The molecule has 1 aliphatic carbocycles. The molecule has 0 bridgehead atoms. The Morgan fingerprint density at radius 1 is 1.12 bits per heavy atom. The van der Waals surface area contributed by atoms with Crippen LogP contribution in [0, 0.1) is 6.92 Å². The van der Waals surface area contributed by atoms with E-state index in [0.29, 0.717) is 28.5 Å². The van der Waals surface area contributed by atoms with Gasteiger partial charge in [0.2, 0.25) is 5.91 Å². The lowest BCUT2D eigenvalue weighted by molar-refractivity contribution is -0.119. The summed E-state index contributed by atoms with van der Waals surface area (Å²) in [5.74, 6) is 0.529. The van der Waals surface area contributed by atoms with Gasteiger partial charge in [-0.25, -0.2) is 4.68 Å². The molecule has 8 nitrogen and oxygen atoms in total. The molecule has 0 saturated heterocycles. The highest BCUT2D eigenvalue weighted by Gasteiger charge is 2.23. The molecular weight excluding hydrogens is 408 g/mol. The Morgan fingerprint density at radius 3 is 2.72 bits per heavy atom. The summed E-state index contributed by atoms with van der Waals surface area (Å²) in [6.07, 6.45) is 4.75. The second kappa shape index (κ2) is 7.96. The average Bonchev–Trinajstić information content (AvgIpc) is 3.54. The number of amides is 1. The van der Waals surface area contributed by atoms with Crippen LogP contribution in [0.25, 0.3) is 22.8 Å². The van der Waals surface area contributed by atoms with Crippen molar-refractivity contribution in [1.82, 2.24) is 14.9 Å². The quantitative estimate of drug-likeness (QED) is 0.510. The summed E-state index contributed by atoms with van der Waals surface area (Å²) in [4.78, 5) is 25.9. The summed E-state index contributed by atoms with van der Waals surface area (Å²) < 4.78 is 12.0. The van der Waals surface area contributed by atoms with E-state index in [-0.39, 0.29) is 5.91 Å². The minimum Gasteiger partial charge on any atom is -0.463 e. The molecule has 32 heavy (non-hydrogen) atoms. The zero-order valence-electron chi connectivity index (χ0n) is 17.8. The highest BCUT2D eigenvalue weighted by atomic mass is 16.5. The first-order valence-corrected chi connectivity index (χ1v) is 10.5. The first kappa shape index (κ1) is 20.0. The number of carbonyl (C=O) groups is 1. The van der Waals surface area contributed by atoms with E-state index in [1.807, 2.05) is 12.1 Å². The summed E-state index contributed by atoms with van der Waals surface area (Å²) in [7, 11) is 0. The molecule has 1 amide bonds. The highest BCUT2D eigenvalue weighted by molar-refractivity contribution is 5.93. The standard InChI is InChI=1S/C24H22N4O4/c1-14-11-21(32-27-14)19-13-22(29)28(26-23(19)20-7-4-10-31-20)15(2)24(30)25-18-9-8-16-5-3-6-17(16)12-18/h4,7-13,15H,3,5-6H2,1-2H3,(H,25,30)/t15-/m1/s1. The molecule has 0 unspecified atom stereocenters. The van der Waals surface area contributed by atoms with E-state index >= 15 is 0 Å². The third kappa shape index (κ3) is 3.64. The number of rotatable bonds is 5. The van der Waals surface area contributed by atoms with Crippen molar-refractivity contribution in [3.8, 4) is 22.8 Å². The van der Waals surface area contributed by atoms with Crippen molar-refractivity contribution in [3.63, 3.8) is 0 Å². The molecule has 1 atom stereocenters. The minimum absolute atomic E-state index is 0.328. The normalized spacial score (nSPS) is 13.7. The lowest BCUT2D eigenvalue weighted by Gasteiger charge is -2.16. The van der Waals surface area contributed by atoms with Crippen LogP contribution in [0.2, 0.25) is 0 Å². The van der Waals surface area contributed by atoms with E-state index in [4.69, 9.17) is 8.94 Å². The predicted molar refractivity (Wildman–Crippen MR) is 118 cm³/mol. The molecule has 0 spiro atoms. The van der Waals surface area contributed by atoms with Crippen molar-refractivity contribution in [2.75, 3.05) is 5.32 Å². The van der Waals surface area contributed by atoms with E-state index in [9.17, 15) is 9.59 Å². The first-order chi connectivity index (χ1) is 15.5. The summed E-state index contributed by atoms with van der Waals surface area (Å²) in [6.45, 7) is 3.43. The number of furan rings is 1. The SMILES string of the molecule is Cc1cc(-c2cc(=O)n([C@H](C)C(=O)Nc3ccc4c(c3)CCC4)nc2-c2ccco2)on1. The van der Waals surface area contributed by atoms with E-state index < -0.39 is 11.6 Å². The smallest absolute Gasteiger partial charge is 0.268 e. The molecule has 162 valence electrons. The number of aromatic nitrogens is 3. The van der Waals surface area contributed by atoms with Gasteiger partial charge in [-0.05, 0) is 68.5 Å². The number of nitrogens with one attached hydrogen (secondary N) is 1. The molecular formula is C24H22N4O4. The number of anilines is 1. The van der Waals surface area contributed by atoms with Gasteiger partial charge in [-0.2, -0.15) is 5.10 Å². The van der Waals surface area contributed by atoms with E-state index in [2.05, 4.69) is 21.6 Å². The third-order valence-electron chi connectivity index (χ3n) is 5.72. The van der Waals surface area contributed by atoms with Crippen LogP contribution in [0.5, 0.6) is 0 Å². The third-order valence-corrected chi connectivity index (χ3v) is 5.72. The molecule has 4 aromatic rings. The van der Waals surface area contributed by atoms with Gasteiger partial charge in [0.1, 0.15) is 11.7 Å². The Morgan fingerprint density at radius 2 is 1.97 bits per heavy atom. The Kier molecular flexibility index (Phi) is 4.97. The maximum Gasteiger partial charge on any atom is 0.268 e. The molecule has 0 radical (unpaired) electrons. The molecule has 3 aromatic heterocycles. The van der Waals surface area contributed by atoms with Gasteiger partial charge in [-0.3, -0.25) is 9.59 Å². The summed E-state index contributed by atoms with van der Waals surface area (Å²) in [5, 5.41) is 11.3.